The van der Waals surface area contributed by atoms with Gasteiger partial charge >= 0.3 is 0 Å². The first-order valence-corrected chi connectivity index (χ1v) is 8.24. The molecule has 1 fully saturated rings. The minimum absolute atomic E-state index is 0.400. The third-order valence-corrected chi connectivity index (χ3v) is 4.17. The van der Waals surface area contributed by atoms with Crippen LogP contribution in [-0.4, -0.2) is 11.0 Å². The van der Waals surface area contributed by atoms with Crippen LogP contribution in [0.2, 0.25) is 0 Å². The molecule has 0 saturated heterocycles. The molecule has 3 heteroatoms. The van der Waals surface area contributed by atoms with Crippen molar-refractivity contribution in [2.24, 2.45) is 0 Å². The van der Waals surface area contributed by atoms with Crippen molar-refractivity contribution in [3.8, 4) is 0 Å². The largest absolute Gasteiger partial charge is 0.367 e. The summed E-state index contributed by atoms with van der Waals surface area (Å²) in [5.74, 6) is 0.283. The summed E-state index contributed by atoms with van der Waals surface area (Å²) in [6.07, 6.45) is 14.5. The van der Waals surface area contributed by atoms with Crippen LogP contribution >= 0.6 is 0 Å². The van der Waals surface area contributed by atoms with Crippen molar-refractivity contribution in [3.63, 3.8) is 0 Å². The van der Waals surface area contributed by atoms with Crippen molar-refractivity contribution in [2.45, 2.75) is 76.7 Å². The summed E-state index contributed by atoms with van der Waals surface area (Å²) in [5, 5.41) is 3.42. The molecule has 1 aliphatic rings. The van der Waals surface area contributed by atoms with E-state index < -0.39 is 5.95 Å². The molecule has 112 valence electrons. The van der Waals surface area contributed by atoms with Crippen LogP contribution in [0.1, 0.15) is 70.6 Å². The fourth-order valence-electron chi connectivity index (χ4n) is 3.01. The summed E-state index contributed by atoms with van der Waals surface area (Å²) in [4.78, 5) is 3.92. The van der Waals surface area contributed by atoms with E-state index in [1.807, 2.05) is 6.07 Å². The molecule has 1 saturated carbocycles. The topological polar surface area (TPSA) is 24.9 Å². The second kappa shape index (κ2) is 8.93. The van der Waals surface area contributed by atoms with E-state index in [1.54, 1.807) is 6.07 Å². The zero-order valence-corrected chi connectivity index (χ0v) is 12.4. The van der Waals surface area contributed by atoms with Gasteiger partial charge in [-0.25, -0.2) is 4.98 Å². The molecule has 0 amide bonds. The van der Waals surface area contributed by atoms with Gasteiger partial charge in [-0.3, -0.25) is 0 Å². The van der Waals surface area contributed by atoms with Gasteiger partial charge in [0.25, 0.3) is 0 Å². The van der Waals surface area contributed by atoms with Crippen molar-refractivity contribution in [3.05, 3.63) is 24.1 Å². The Kier molecular flexibility index (Phi) is 6.82. The highest BCUT2D eigenvalue weighted by Crippen LogP contribution is 2.19. The van der Waals surface area contributed by atoms with Crippen molar-refractivity contribution in [1.82, 2.24) is 4.98 Å². The van der Waals surface area contributed by atoms with Crippen LogP contribution in [0.3, 0.4) is 0 Å². The molecule has 2 nitrogen and oxygen atoms in total. The van der Waals surface area contributed by atoms with Crippen LogP contribution in [0.5, 0.6) is 0 Å². The molecule has 20 heavy (non-hydrogen) atoms. The molecule has 0 radical (unpaired) electrons. The van der Waals surface area contributed by atoms with Crippen LogP contribution in [-0.2, 0) is 0 Å². The molecule has 2 rings (SSSR count). The molecular formula is C17H27FN2. The highest BCUT2D eigenvalue weighted by molar-refractivity contribution is 5.34. The van der Waals surface area contributed by atoms with Gasteiger partial charge in [0.2, 0.25) is 5.95 Å². The highest BCUT2D eigenvalue weighted by Gasteiger charge is 2.10. The second-order valence-electron chi connectivity index (χ2n) is 5.95. The number of nitrogens with one attached hydrogen (secondary N) is 1. The number of hydrogen-bond acceptors (Lipinski definition) is 2. The van der Waals surface area contributed by atoms with Gasteiger partial charge in [0.15, 0.2) is 0 Å². The van der Waals surface area contributed by atoms with Crippen LogP contribution in [0.15, 0.2) is 18.2 Å². The zero-order valence-electron chi connectivity index (χ0n) is 12.4. The molecule has 0 atom stereocenters. The van der Waals surface area contributed by atoms with Gasteiger partial charge in [0, 0.05) is 6.04 Å². The number of rotatable bonds is 2. The van der Waals surface area contributed by atoms with E-state index in [0.717, 1.165) is 0 Å². The maximum absolute atomic E-state index is 13.1. The Labute approximate surface area is 122 Å². The van der Waals surface area contributed by atoms with Gasteiger partial charge in [0.05, 0.1) is 0 Å². The Morgan fingerprint density at radius 1 is 0.850 bits per heavy atom. The fourth-order valence-corrected chi connectivity index (χ4v) is 3.01. The minimum atomic E-state index is -0.400. The summed E-state index contributed by atoms with van der Waals surface area (Å²) < 4.78 is 13.1. The van der Waals surface area contributed by atoms with Crippen LogP contribution in [0.4, 0.5) is 10.2 Å². The number of aromatic nitrogens is 1. The minimum Gasteiger partial charge on any atom is -0.367 e. The summed E-state index contributed by atoms with van der Waals surface area (Å²) >= 11 is 0. The quantitative estimate of drug-likeness (QED) is 0.742. The smallest absolute Gasteiger partial charge is 0.214 e. The average Bonchev–Trinajstić information content (AvgIpc) is 2.42. The van der Waals surface area contributed by atoms with Crippen LogP contribution in [0, 0.1) is 5.95 Å². The fraction of sp³-hybridized carbons (Fsp3) is 0.706. The third-order valence-electron chi connectivity index (χ3n) is 4.17. The lowest BCUT2D eigenvalue weighted by molar-refractivity contribution is 0.479. The monoisotopic (exact) mass is 278 g/mol. The first kappa shape index (κ1) is 15.3. The molecule has 1 aromatic rings. The van der Waals surface area contributed by atoms with Crippen molar-refractivity contribution < 1.29 is 4.39 Å². The Hall–Kier alpha value is -1.12. The first-order valence-electron chi connectivity index (χ1n) is 8.24. The lowest BCUT2D eigenvalue weighted by Crippen LogP contribution is -2.20. The molecular weight excluding hydrogens is 251 g/mol. The Bertz CT molecular complexity index is 369. The van der Waals surface area contributed by atoms with Gasteiger partial charge in [-0.1, -0.05) is 63.9 Å². The molecule has 0 aliphatic heterocycles. The lowest BCUT2D eigenvalue weighted by Gasteiger charge is -2.20. The molecule has 0 unspecified atom stereocenters. The molecule has 1 N–H and O–H groups in total. The number of halogens is 1. The Morgan fingerprint density at radius 3 is 1.95 bits per heavy atom. The van der Waals surface area contributed by atoms with E-state index in [9.17, 15) is 4.39 Å². The molecule has 0 spiro atoms. The average molecular weight is 278 g/mol. The third kappa shape index (κ3) is 5.89. The predicted octanol–water partition coefficient (Wildman–Crippen LogP) is 5.31. The normalized spacial score (nSPS) is 19.9. The van der Waals surface area contributed by atoms with Crippen LogP contribution in [0.25, 0.3) is 0 Å². The van der Waals surface area contributed by atoms with E-state index in [-0.39, 0.29) is 0 Å². The maximum Gasteiger partial charge on any atom is 0.214 e. The van der Waals surface area contributed by atoms with Gasteiger partial charge in [-0.05, 0) is 25.0 Å². The SMILES string of the molecule is Fc1cccc(NC2CCCCCCCCCCC2)n1. The molecule has 1 aliphatic carbocycles. The van der Waals surface area contributed by atoms with E-state index in [2.05, 4.69) is 10.3 Å². The van der Waals surface area contributed by atoms with Gasteiger partial charge in [-0.15, -0.1) is 0 Å². The van der Waals surface area contributed by atoms with Gasteiger partial charge < -0.3 is 5.32 Å². The summed E-state index contributed by atoms with van der Waals surface area (Å²) in [6.45, 7) is 0. The van der Waals surface area contributed by atoms with E-state index in [4.69, 9.17) is 0 Å². The summed E-state index contributed by atoms with van der Waals surface area (Å²) in [6, 6.07) is 5.43. The number of anilines is 1. The van der Waals surface area contributed by atoms with E-state index in [0.29, 0.717) is 11.9 Å². The summed E-state index contributed by atoms with van der Waals surface area (Å²) in [5.41, 5.74) is 0. The zero-order chi connectivity index (χ0) is 14.0. The highest BCUT2D eigenvalue weighted by atomic mass is 19.1. The number of hydrogen-bond donors (Lipinski definition) is 1. The van der Waals surface area contributed by atoms with Crippen molar-refractivity contribution in [1.29, 1.82) is 0 Å². The molecule has 1 heterocycles. The van der Waals surface area contributed by atoms with Gasteiger partial charge in [0.1, 0.15) is 5.82 Å². The maximum atomic E-state index is 13.1. The van der Waals surface area contributed by atoms with Crippen molar-refractivity contribution in [2.75, 3.05) is 5.32 Å². The van der Waals surface area contributed by atoms with E-state index >= 15 is 0 Å². The Morgan fingerprint density at radius 2 is 1.40 bits per heavy atom. The molecule has 0 bridgehead atoms. The second-order valence-corrected chi connectivity index (χ2v) is 5.95. The van der Waals surface area contributed by atoms with E-state index in [1.165, 1.54) is 76.7 Å². The number of nitrogens with zero attached hydrogens (tertiary/aromatic N) is 1. The lowest BCUT2D eigenvalue weighted by atomic mass is 9.98. The predicted molar refractivity (Wildman–Crippen MR) is 82.4 cm³/mol. The summed E-state index contributed by atoms with van der Waals surface area (Å²) in [7, 11) is 0. The Balaban J connectivity index is 1.85. The standard InChI is InChI=1S/C17H27FN2/c18-16-13-10-14-17(20-16)19-15-11-8-6-4-2-1-3-5-7-9-12-15/h10,13-15H,1-9,11-12H2,(H,19,20). The number of pyridine rings is 1. The molecule has 0 aromatic carbocycles. The molecule has 1 aromatic heterocycles. The first-order chi connectivity index (χ1) is 9.84. The van der Waals surface area contributed by atoms with Gasteiger partial charge in [-0.2, -0.15) is 4.39 Å². The van der Waals surface area contributed by atoms with Crippen molar-refractivity contribution >= 4 is 5.82 Å². The van der Waals surface area contributed by atoms with Crippen LogP contribution < -0.4 is 5.32 Å².